The molecule has 74 valence electrons. The van der Waals surface area contributed by atoms with Crippen molar-refractivity contribution < 1.29 is 19.4 Å². The van der Waals surface area contributed by atoms with Gasteiger partial charge in [-0.1, -0.05) is 0 Å². The molecule has 0 aromatic rings. The van der Waals surface area contributed by atoms with Crippen LogP contribution < -0.4 is 0 Å². The van der Waals surface area contributed by atoms with Crippen LogP contribution in [0.15, 0.2) is 11.3 Å². The maximum absolute atomic E-state index is 10.9. The highest BCUT2D eigenvalue weighted by atomic mass is 16.5. The second kappa shape index (κ2) is 5.35. The van der Waals surface area contributed by atoms with Gasteiger partial charge < -0.3 is 9.84 Å². The third-order valence-corrected chi connectivity index (χ3v) is 1.49. The van der Waals surface area contributed by atoms with Gasteiger partial charge in [0.15, 0.2) is 5.78 Å². The van der Waals surface area contributed by atoms with Gasteiger partial charge in [-0.05, 0) is 20.8 Å². The second-order valence-electron chi connectivity index (χ2n) is 2.60. The SMILES string of the molecule is CCOC(=O)C/C(C(C)=O)=C(\C)O. The molecule has 0 radical (unpaired) electrons. The van der Waals surface area contributed by atoms with Crippen LogP contribution in [0.3, 0.4) is 0 Å². The van der Waals surface area contributed by atoms with Crippen LogP contribution in [-0.2, 0) is 14.3 Å². The van der Waals surface area contributed by atoms with Crippen LogP contribution in [0.1, 0.15) is 27.2 Å². The van der Waals surface area contributed by atoms with E-state index in [9.17, 15) is 9.59 Å². The van der Waals surface area contributed by atoms with E-state index in [0.717, 1.165) is 0 Å². The van der Waals surface area contributed by atoms with Gasteiger partial charge in [0.05, 0.1) is 18.8 Å². The zero-order valence-corrected chi connectivity index (χ0v) is 8.09. The molecule has 0 atom stereocenters. The first-order chi connectivity index (χ1) is 5.99. The summed E-state index contributed by atoms with van der Waals surface area (Å²) in [5, 5.41) is 9.05. The van der Waals surface area contributed by atoms with Gasteiger partial charge in [0, 0.05) is 5.57 Å². The Bertz CT molecular complexity index is 236. The molecule has 4 heteroatoms. The molecule has 0 heterocycles. The van der Waals surface area contributed by atoms with Gasteiger partial charge in [-0.3, -0.25) is 9.59 Å². The normalized spacial score (nSPS) is 11.9. The Hall–Kier alpha value is -1.32. The summed E-state index contributed by atoms with van der Waals surface area (Å²) < 4.78 is 4.64. The predicted molar refractivity (Wildman–Crippen MR) is 47.3 cm³/mol. The topological polar surface area (TPSA) is 63.6 Å². The van der Waals surface area contributed by atoms with Crippen LogP contribution in [0.5, 0.6) is 0 Å². The number of aliphatic hydroxyl groups excluding tert-OH is 1. The van der Waals surface area contributed by atoms with E-state index in [1.165, 1.54) is 13.8 Å². The number of ether oxygens (including phenoxy) is 1. The minimum Gasteiger partial charge on any atom is -0.512 e. The van der Waals surface area contributed by atoms with Gasteiger partial charge in [0.2, 0.25) is 0 Å². The van der Waals surface area contributed by atoms with E-state index in [1.807, 2.05) is 0 Å². The molecule has 0 fully saturated rings. The maximum atomic E-state index is 10.9. The van der Waals surface area contributed by atoms with Gasteiger partial charge in [-0.25, -0.2) is 0 Å². The van der Waals surface area contributed by atoms with Crippen molar-refractivity contribution in [2.24, 2.45) is 0 Å². The fraction of sp³-hybridized carbons (Fsp3) is 0.556. The highest BCUT2D eigenvalue weighted by molar-refractivity contribution is 5.97. The van der Waals surface area contributed by atoms with Crippen molar-refractivity contribution in [3.05, 3.63) is 11.3 Å². The van der Waals surface area contributed by atoms with Gasteiger partial charge >= 0.3 is 5.97 Å². The first kappa shape index (κ1) is 11.7. The van der Waals surface area contributed by atoms with Crippen molar-refractivity contribution >= 4 is 11.8 Å². The van der Waals surface area contributed by atoms with Crippen molar-refractivity contribution in [3.63, 3.8) is 0 Å². The minimum atomic E-state index is -0.499. The molecule has 0 aromatic heterocycles. The quantitative estimate of drug-likeness (QED) is 0.409. The van der Waals surface area contributed by atoms with E-state index in [0.29, 0.717) is 0 Å². The molecule has 0 saturated heterocycles. The third-order valence-electron chi connectivity index (χ3n) is 1.49. The molecule has 0 amide bonds. The smallest absolute Gasteiger partial charge is 0.310 e. The molecule has 0 saturated carbocycles. The van der Waals surface area contributed by atoms with E-state index in [4.69, 9.17) is 5.11 Å². The molecule has 4 nitrogen and oxygen atoms in total. The molecular formula is C9H14O4. The Kier molecular flexibility index (Phi) is 4.80. The molecule has 0 aromatic carbocycles. The molecule has 0 aliphatic carbocycles. The number of hydrogen-bond acceptors (Lipinski definition) is 4. The summed E-state index contributed by atoms with van der Waals surface area (Å²) in [4.78, 5) is 21.8. The average Bonchev–Trinajstić information content (AvgIpc) is 1.99. The monoisotopic (exact) mass is 186 g/mol. The van der Waals surface area contributed by atoms with E-state index in [1.54, 1.807) is 6.92 Å². The lowest BCUT2D eigenvalue weighted by molar-refractivity contribution is -0.142. The second-order valence-corrected chi connectivity index (χ2v) is 2.60. The molecule has 0 aliphatic heterocycles. The number of carbonyl (C=O) groups is 2. The third kappa shape index (κ3) is 4.30. The Balaban J connectivity index is 4.38. The summed E-state index contributed by atoms with van der Waals surface area (Å²) in [5.41, 5.74) is 0.110. The maximum Gasteiger partial charge on any atom is 0.310 e. The number of ketones is 1. The number of allylic oxidation sites excluding steroid dienone is 1. The number of esters is 1. The number of rotatable bonds is 4. The molecule has 13 heavy (non-hydrogen) atoms. The van der Waals surface area contributed by atoms with Crippen LogP contribution in [-0.4, -0.2) is 23.5 Å². The lowest BCUT2D eigenvalue weighted by atomic mass is 10.1. The summed E-state index contributed by atoms with van der Waals surface area (Å²) in [7, 11) is 0. The predicted octanol–water partition coefficient (Wildman–Crippen LogP) is 1.36. The Labute approximate surface area is 77.2 Å². The fourth-order valence-electron chi connectivity index (χ4n) is 0.864. The molecule has 1 N–H and O–H groups in total. The van der Waals surface area contributed by atoms with E-state index >= 15 is 0 Å². The minimum absolute atomic E-state index is 0.110. The van der Waals surface area contributed by atoms with Crippen LogP contribution in [0.25, 0.3) is 0 Å². The lowest BCUT2D eigenvalue weighted by Gasteiger charge is -2.04. The highest BCUT2D eigenvalue weighted by Gasteiger charge is 2.13. The fourth-order valence-corrected chi connectivity index (χ4v) is 0.864. The summed E-state index contributed by atoms with van der Waals surface area (Å²) >= 11 is 0. The van der Waals surface area contributed by atoms with Crippen molar-refractivity contribution in [2.75, 3.05) is 6.61 Å². The average molecular weight is 186 g/mol. The van der Waals surface area contributed by atoms with Gasteiger partial charge in [0.1, 0.15) is 0 Å². The summed E-state index contributed by atoms with van der Waals surface area (Å²) in [5.74, 6) is -0.935. The van der Waals surface area contributed by atoms with Gasteiger partial charge in [0.25, 0.3) is 0 Å². The van der Waals surface area contributed by atoms with Crippen LogP contribution in [0.2, 0.25) is 0 Å². The number of carbonyl (C=O) groups excluding carboxylic acids is 2. The number of aliphatic hydroxyl groups is 1. The highest BCUT2D eigenvalue weighted by Crippen LogP contribution is 2.08. The first-order valence-electron chi connectivity index (χ1n) is 4.04. The zero-order valence-electron chi connectivity index (χ0n) is 8.09. The summed E-state index contributed by atoms with van der Waals surface area (Å²) in [6.45, 7) is 4.62. The van der Waals surface area contributed by atoms with Crippen molar-refractivity contribution in [1.82, 2.24) is 0 Å². The van der Waals surface area contributed by atoms with Crippen molar-refractivity contribution in [2.45, 2.75) is 27.2 Å². The van der Waals surface area contributed by atoms with Crippen LogP contribution in [0, 0.1) is 0 Å². The Morgan fingerprint density at radius 2 is 1.85 bits per heavy atom. The molecule has 0 rings (SSSR count). The van der Waals surface area contributed by atoms with Gasteiger partial charge in [-0.15, -0.1) is 0 Å². The molecule has 0 unspecified atom stereocenters. The Morgan fingerprint density at radius 1 is 1.31 bits per heavy atom. The van der Waals surface area contributed by atoms with Gasteiger partial charge in [-0.2, -0.15) is 0 Å². The first-order valence-corrected chi connectivity index (χ1v) is 4.04. The van der Waals surface area contributed by atoms with E-state index < -0.39 is 5.97 Å². The molecule has 0 aliphatic rings. The molecule has 0 spiro atoms. The van der Waals surface area contributed by atoms with Crippen LogP contribution >= 0.6 is 0 Å². The number of Topliss-reactive ketones (excluding diaryl/α,β-unsaturated/α-hetero) is 1. The lowest BCUT2D eigenvalue weighted by Crippen LogP contribution is -2.10. The van der Waals surface area contributed by atoms with Crippen LogP contribution in [0.4, 0.5) is 0 Å². The summed E-state index contributed by atoms with van der Waals surface area (Å²) in [6, 6.07) is 0. The molecular weight excluding hydrogens is 172 g/mol. The van der Waals surface area contributed by atoms with E-state index in [2.05, 4.69) is 4.74 Å². The molecule has 0 bridgehead atoms. The van der Waals surface area contributed by atoms with Crippen molar-refractivity contribution in [1.29, 1.82) is 0 Å². The standard InChI is InChI=1S/C9H14O4/c1-4-13-9(12)5-8(6(2)10)7(3)11/h10H,4-5H2,1-3H3/b8-6-. The van der Waals surface area contributed by atoms with E-state index in [-0.39, 0.29) is 30.1 Å². The summed E-state index contributed by atoms with van der Waals surface area (Å²) in [6.07, 6.45) is -0.161. The largest absolute Gasteiger partial charge is 0.512 e. The van der Waals surface area contributed by atoms with Crippen molar-refractivity contribution in [3.8, 4) is 0 Å². The number of hydrogen-bond donors (Lipinski definition) is 1. The Morgan fingerprint density at radius 3 is 2.15 bits per heavy atom. The zero-order chi connectivity index (χ0) is 10.4.